The minimum absolute atomic E-state index is 0.0301. The maximum Gasteiger partial charge on any atom is 0.430 e. The van der Waals surface area contributed by atoms with Crippen molar-refractivity contribution in [2.45, 2.75) is 42.0 Å². The van der Waals surface area contributed by atoms with Gasteiger partial charge in [0.25, 0.3) is 5.60 Å². The third kappa shape index (κ3) is 4.18. The van der Waals surface area contributed by atoms with Crippen molar-refractivity contribution in [2.75, 3.05) is 0 Å². The highest BCUT2D eigenvalue weighted by molar-refractivity contribution is 6.67. The Labute approximate surface area is 143 Å². The van der Waals surface area contributed by atoms with E-state index in [-0.39, 0.29) is 11.1 Å². The van der Waals surface area contributed by atoms with Gasteiger partial charge in [0.2, 0.25) is 0 Å². The molecule has 0 fully saturated rings. The van der Waals surface area contributed by atoms with E-state index >= 15 is 0 Å². The first kappa shape index (κ1) is 20.7. The Morgan fingerprint density at radius 2 is 1.43 bits per heavy atom. The van der Waals surface area contributed by atoms with Crippen molar-refractivity contribution in [3.05, 3.63) is 34.4 Å². The summed E-state index contributed by atoms with van der Waals surface area (Å²) < 4.78 is 76.3. The maximum atomic E-state index is 13.1. The van der Waals surface area contributed by atoms with Crippen LogP contribution in [-0.2, 0) is 12.0 Å². The first-order chi connectivity index (χ1) is 10.0. The maximum absolute atomic E-state index is 13.1. The van der Waals surface area contributed by atoms with Gasteiger partial charge in [-0.15, -0.1) is 0 Å². The molecule has 1 rings (SSSR count). The van der Waals surface area contributed by atoms with Crippen LogP contribution in [0.5, 0.6) is 0 Å². The van der Waals surface area contributed by atoms with Crippen LogP contribution in [0.3, 0.4) is 0 Å². The van der Waals surface area contributed by atoms with E-state index in [1.807, 2.05) is 0 Å². The smallest absolute Gasteiger partial charge is 0.369 e. The van der Waals surface area contributed by atoms with Crippen LogP contribution in [0.2, 0.25) is 0 Å². The minimum atomic E-state index is -6.02. The first-order valence-electron chi connectivity index (χ1n) is 5.96. The third-order valence-electron chi connectivity index (χ3n) is 3.11. The zero-order valence-electron chi connectivity index (χ0n) is 11.6. The molecule has 0 heterocycles. The average Bonchev–Trinajstić information content (AvgIpc) is 2.26. The second kappa shape index (κ2) is 6.17. The van der Waals surface area contributed by atoms with E-state index in [1.54, 1.807) is 0 Å². The summed E-state index contributed by atoms with van der Waals surface area (Å²) in [6.07, 6.45) is -12.8. The largest absolute Gasteiger partial charge is 0.430 e. The van der Waals surface area contributed by atoms with E-state index < -0.39 is 39.3 Å². The molecule has 131 valence electrons. The van der Waals surface area contributed by atoms with Gasteiger partial charge < -0.3 is 5.11 Å². The highest BCUT2D eigenvalue weighted by Crippen LogP contribution is 2.52. The summed E-state index contributed by atoms with van der Waals surface area (Å²) in [5.41, 5.74) is -7.20. The fraction of sp³-hybridized carbons (Fsp3) is 0.538. The second-order valence-corrected chi connectivity index (χ2v) is 7.48. The highest BCUT2D eigenvalue weighted by atomic mass is 35.6. The Bertz CT molecular complexity index is 575. The van der Waals surface area contributed by atoms with Crippen molar-refractivity contribution in [1.29, 1.82) is 0 Å². The van der Waals surface area contributed by atoms with Crippen molar-refractivity contribution in [3.63, 3.8) is 0 Å². The van der Waals surface area contributed by atoms with Gasteiger partial charge in [-0.2, -0.15) is 26.3 Å². The topological polar surface area (TPSA) is 20.2 Å². The predicted octanol–water partition coefficient (Wildman–Crippen LogP) is 5.33. The van der Waals surface area contributed by atoms with Crippen LogP contribution in [0.4, 0.5) is 26.3 Å². The summed E-state index contributed by atoms with van der Waals surface area (Å²) >= 11 is 16.5. The van der Waals surface area contributed by atoms with Gasteiger partial charge in [0.1, 0.15) is 0 Å². The lowest BCUT2D eigenvalue weighted by Crippen LogP contribution is -2.54. The summed E-state index contributed by atoms with van der Waals surface area (Å²) in [6.45, 7) is 2.46. The average molecular weight is 403 g/mol. The van der Waals surface area contributed by atoms with Crippen molar-refractivity contribution in [2.24, 2.45) is 0 Å². The van der Waals surface area contributed by atoms with Crippen LogP contribution in [0.25, 0.3) is 0 Å². The van der Waals surface area contributed by atoms with Crippen molar-refractivity contribution >= 4 is 34.8 Å². The quantitative estimate of drug-likeness (QED) is 0.524. The molecule has 10 heteroatoms. The van der Waals surface area contributed by atoms with Gasteiger partial charge in [-0.3, -0.25) is 0 Å². The highest BCUT2D eigenvalue weighted by Gasteiger charge is 2.72. The SMILES string of the molecule is Cc1[c]c(C)c(CC(Cl)(Cl)Cl)c(C(O)(C(F)(F)F)C(F)(F)F)c1. The van der Waals surface area contributed by atoms with Gasteiger partial charge in [-0.25, -0.2) is 0 Å². The molecule has 1 aromatic rings. The predicted molar refractivity (Wildman–Crippen MR) is 74.8 cm³/mol. The van der Waals surface area contributed by atoms with E-state index in [9.17, 15) is 31.4 Å². The Hall–Kier alpha value is -0.370. The van der Waals surface area contributed by atoms with Crippen LogP contribution in [0.1, 0.15) is 22.3 Å². The van der Waals surface area contributed by atoms with Gasteiger partial charge in [0.05, 0.1) is 0 Å². The third-order valence-corrected chi connectivity index (χ3v) is 3.51. The normalized spacial score (nSPS) is 14.3. The fourth-order valence-corrected chi connectivity index (χ4v) is 2.53. The molecule has 0 aliphatic carbocycles. The lowest BCUT2D eigenvalue weighted by atomic mass is 9.84. The van der Waals surface area contributed by atoms with Gasteiger partial charge >= 0.3 is 12.4 Å². The number of hydrogen-bond acceptors (Lipinski definition) is 1. The van der Waals surface area contributed by atoms with E-state index in [0.29, 0.717) is 6.07 Å². The molecule has 1 radical (unpaired) electrons. The van der Waals surface area contributed by atoms with E-state index in [4.69, 9.17) is 34.8 Å². The number of hydrogen-bond donors (Lipinski definition) is 1. The molecule has 0 unspecified atom stereocenters. The Morgan fingerprint density at radius 3 is 1.78 bits per heavy atom. The van der Waals surface area contributed by atoms with E-state index in [2.05, 4.69) is 6.07 Å². The number of aliphatic hydroxyl groups is 1. The van der Waals surface area contributed by atoms with Crippen molar-refractivity contribution in [3.8, 4) is 0 Å². The van der Waals surface area contributed by atoms with Crippen molar-refractivity contribution < 1.29 is 31.4 Å². The molecule has 0 atom stereocenters. The van der Waals surface area contributed by atoms with Crippen LogP contribution in [-0.4, -0.2) is 21.3 Å². The van der Waals surface area contributed by atoms with Crippen LogP contribution in [0.15, 0.2) is 6.07 Å². The van der Waals surface area contributed by atoms with E-state index in [0.717, 1.165) is 0 Å². The molecular weight excluding hydrogens is 392 g/mol. The molecular formula is C13H10Cl3F6O. The molecule has 1 N–H and O–H groups in total. The van der Waals surface area contributed by atoms with Crippen LogP contribution < -0.4 is 0 Å². The fourth-order valence-electron chi connectivity index (χ4n) is 2.13. The monoisotopic (exact) mass is 401 g/mol. The van der Waals surface area contributed by atoms with Gasteiger partial charge in [0.15, 0.2) is 3.79 Å². The van der Waals surface area contributed by atoms with Crippen LogP contribution in [0, 0.1) is 19.9 Å². The molecule has 0 saturated heterocycles. The Balaban J connectivity index is 3.80. The zero-order chi connectivity index (χ0) is 18.4. The lowest BCUT2D eigenvalue weighted by Gasteiger charge is -2.35. The van der Waals surface area contributed by atoms with Gasteiger partial charge in [0, 0.05) is 12.0 Å². The van der Waals surface area contributed by atoms with Crippen LogP contribution >= 0.6 is 34.8 Å². The van der Waals surface area contributed by atoms with Gasteiger partial charge in [-0.1, -0.05) is 40.9 Å². The standard InChI is InChI=1S/C13H10Cl3F6O/c1-6-3-7(2)8(5-10(14,15)16)9(4-6)11(23,12(17,18)19)13(20,21)22/h4,23H,5H2,1-2H3. The Kier molecular flexibility index (Phi) is 5.55. The summed E-state index contributed by atoms with van der Waals surface area (Å²) in [7, 11) is 0. The molecule has 0 bridgehead atoms. The molecule has 0 aliphatic heterocycles. The lowest BCUT2D eigenvalue weighted by molar-refractivity contribution is -0.376. The molecule has 0 spiro atoms. The molecule has 0 aliphatic rings. The minimum Gasteiger partial charge on any atom is -0.369 e. The summed E-state index contributed by atoms with van der Waals surface area (Å²) in [5.74, 6) is 0. The van der Waals surface area contributed by atoms with Gasteiger partial charge in [-0.05, 0) is 36.6 Å². The molecule has 0 amide bonds. The summed E-state index contributed by atoms with van der Waals surface area (Å²) in [6, 6.07) is 3.10. The summed E-state index contributed by atoms with van der Waals surface area (Å²) in [4.78, 5) is 0. The number of halogens is 9. The molecule has 0 aromatic heterocycles. The first-order valence-corrected chi connectivity index (χ1v) is 7.09. The molecule has 1 aromatic carbocycles. The second-order valence-electron chi connectivity index (χ2n) is 4.97. The number of aryl methyl sites for hydroxylation is 2. The molecule has 0 saturated carbocycles. The number of benzene rings is 1. The number of alkyl halides is 9. The Morgan fingerprint density at radius 1 is 1.00 bits per heavy atom. The molecule has 1 nitrogen and oxygen atoms in total. The van der Waals surface area contributed by atoms with E-state index in [1.165, 1.54) is 13.8 Å². The number of rotatable bonds is 2. The zero-order valence-corrected chi connectivity index (χ0v) is 13.9. The summed E-state index contributed by atoms with van der Waals surface area (Å²) in [5, 5.41) is 9.59. The molecule has 23 heavy (non-hydrogen) atoms. The van der Waals surface area contributed by atoms with Crippen molar-refractivity contribution in [1.82, 2.24) is 0 Å².